The van der Waals surface area contributed by atoms with Crippen molar-refractivity contribution in [2.45, 2.75) is 52.4 Å². The van der Waals surface area contributed by atoms with Crippen LogP contribution in [-0.2, 0) is 10.8 Å². The minimum absolute atomic E-state index is 0.0979. The molecule has 0 aliphatic carbocycles. The Hall–Kier alpha value is -3.49. The summed E-state index contributed by atoms with van der Waals surface area (Å²) in [5, 5.41) is 32.9. The lowest BCUT2D eigenvalue weighted by atomic mass is 9.79. The zero-order valence-electron chi connectivity index (χ0n) is 17.7. The van der Waals surface area contributed by atoms with Crippen LogP contribution >= 0.6 is 0 Å². The highest BCUT2D eigenvalue weighted by atomic mass is 16.6. The highest BCUT2D eigenvalue weighted by Crippen LogP contribution is 2.41. The van der Waals surface area contributed by atoms with Gasteiger partial charge in [-0.05, 0) is 23.0 Å². The van der Waals surface area contributed by atoms with Crippen LogP contribution in [0.2, 0.25) is 0 Å². The maximum atomic E-state index is 12.6. The Morgan fingerprint density at radius 2 is 1.23 bits per heavy atom. The van der Waals surface area contributed by atoms with Crippen molar-refractivity contribution >= 4 is 17.3 Å². The van der Waals surface area contributed by atoms with Crippen molar-refractivity contribution in [2.24, 2.45) is 0 Å². The van der Waals surface area contributed by atoms with Gasteiger partial charge < -0.3 is 9.84 Å². The molecule has 160 valence electrons. The van der Waals surface area contributed by atoms with E-state index in [4.69, 9.17) is 4.74 Å². The zero-order chi connectivity index (χ0) is 23.0. The third-order valence-corrected chi connectivity index (χ3v) is 4.47. The van der Waals surface area contributed by atoms with E-state index in [1.807, 2.05) is 41.5 Å². The highest BCUT2D eigenvalue weighted by molar-refractivity contribution is 5.92. The Bertz CT molecular complexity index is 963. The maximum absolute atomic E-state index is 12.6. The van der Waals surface area contributed by atoms with Crippen molar-refractivity contribution in [3.05, 3.63) is 67.3 Å². The molecule has 30 heavy (non-hydrogen) atoms. The predicted molar refractivity (Wildman–Crippen MR) is 110 cm³/mol. The van der Waals surface area contributed by atoms with Crippen molar-refractivity contribution in [3.63, 3.8) is 0 Å². The topological polar surface area (TPSA) is 133 Å². The van der Waals surface area contributed by atoms with E-state index in [0.717, 1.165) is 18.2 Å². The standard InChI is InChI=1S/C21H24N2O7/c1-20(2,3)16-10-15(11-17(18(16)24)21(4,5)6)30-19(25)12-7-13(22(26)27)9-14(8-12)23(28)29/h7-11,24H,1-6H3. The third kappa shape index (κ3) is 4.91. The van der Waals surface area contributed by atoms with Gasteiger partial charge in [0.15, 0.2) is 0 Å². The Kier molecular flexibility index (Phi) is 5.88. The molecule has 0 radical (unpaired) electrons. The number of nitrogens with zero attached hydrogens (tertiary/aromatic N) is 2. The van der Waals surface area contributed by atoms with Gasteiger partial charge in [0.05, 0.1) is 21.5 Å². The fourth-order valence-electron chi connectivity index (χ4n) is 2.90. The van der Waals surface area contributed by atoms with E-state index >= 15 is 0 Å². The molecule has 9 heteroatoms. The van der Waals surface area contributed by atoms with Crippen molar-refractivity contribution in [3.8, 4) is 11.5 Å². The molecule has 0 aliphatic heterocycles. The summed E-state index contributed by atoms with van der Waals surface area (Å²) in [6, 6.07) is 5.66. The molecule has 0 spiro atoms. The van der Waals surface area contributed by atoms with Gasteiger partial charge in [0.2, 0.25) is 0 Å². The van der Waals surface area contributed by atoms with E-state index in [1.54, 1.807) is 0 Å². The van der Waals surface area contributed by atoms with Crippen molar-refractivity contribution in [1.29, 1.82) is 0 Å². The van der Waals surface area contributed by atoms with Crippen LogP contribution in [0.3, 0.4) is 0 Å². The van der Waals surface area contributed by atoms with Crippen LogP contribution in [0.1, 0.15) is 63.0 Å². The lowest BCUT2D eigenvalue weighted by molar-refractivity contribution is -0.394. The summed E-state index contributed by atoms with van der Waals surface area (Å²) in [4.78, 5) is 33.1. The first-order valence-electron chi connectivity index (χ1n) is 9.15. The van der Waals surface area contributed by atoms with E-state index in [2.05, 4.69) is 0 Å². The molecule has 0 aliphatic rings. The second-order valence-corrected chi connectivity index (χ2v) is 9.01. The summed E-state index contributed by atoms with van der Waals surface area (Å²) in [5.41, 5.74) is -1.31. The first-order valence-corrected chi connectivity index (χ1v) is 9.15. The molecule has 1 N–H and O–H groups in total. The van der Waals surface area contributed by atoms with E-state index < -0.39 is 38.0 Å². The lowest BCUT2D eigenvalue weighted by Crippen LogP contribution is -2.18. The van der Waals surface area contributed by atoms with Gasteiger partial charge in [0, 0.05) is 23.3 Å². The number of phenols is 1. The number of aromatic hydroxyl groups is 1. The number of carbonyl (C=O) groups excluding carboxylic acids is 1. The van der Waals surface area contributed by atoms with Crippen LogP contribution in [0, 0.1) is 20.2 Å². The second-order valence-electron chi connectivity index (χ2n) is 9.01. The van der Waals surface area contributed by atoms with Crippen LogP contribution in [0.25, 0.3) is 0 Å². The SMILES string of the molecule is CC(C)(C)c1cc(OC(=O)c2cc([N+](=O)[O-])cc([N+](=O)[O-])c2)cc(C(C)(C)C)c1O. The number of hydrogen-bond acceptors (Lipinski definition) is 7. The predicted octanol–water partition coefficient (Wildman–Crippen LogP) is 5.02. The first-order chi connectivity index (χ1) is 13.6. The van der Waals surface area contributed by atoms with Gasteiger partial charge >= 0.3 is 5.97 Å². The molecule has 9 nitrogen and oxygen atoms in total. The molecule has 2 rings (SSSR count). The average Bonchev–Trinajstić information content (AvgIpc) is 2.60. The minimum Gasteiger partial charge on any atom is -0.507 e. The number of nitro benzene ring substituents is 2. The van der Waals surface area contributed by atoms with Gasteiger partial charge in [-0.15, -0.1) is 0 Å². The van der Waals surface area contributed by atoms with E-state index in [-0.39, 0.29) is 17.1 Å². The number of carbonyl (C=O) groups is 1. The highest BCUT2D eigenvalue weighted by Gasteiger charge is 2.28. The first kappa shape index (κ1) is 22.8. The summed E-state index contributed by atoms with van der Waals surface area (Å²) >= 11 is 0. The Morgan fingerprint density at radius 3 is 1.57 bits per heavy atom. The molecule has 0 heterocycles. The van der Waals surface area contributed by atoms with E-state index in [9.17, 15) is 30.1 Å². The number of hydrogen-bond donors (Lipinski definition) is 1. The quantitative estimate of drug-likeness (QED) is 0.320. The number of phenolic OH excluding ortho intramolecular Hbond substituents is 1. The van der Waals surface area contributed by atoms with Gasteiger partial charge in [-0.1, -0.05) is 41.5 Å². The molecule has 2 aromatic carbocycles. The second kappa shape index (κ2) is 7.74. The number of rotatable bonds is 4. The van der Waals surface area contributed by atoms with Crippen LogP contribution in [0.15, 0.2) is 30.3 Å². The smallest absolute Gasteiger partial charge is 0.344 e. The Morgan fingerprint density at radius 1 is 0.833 bits per heavy atom. The molecule has 0 saturated heterocycles. The fourth-order valence-corrected chi connectivity index (χ4v) is 2.90. The van der Waals surface area contributed by atoms with Crippen LogP contribution in [0.4, 0.5) is 11.4 Å². The minimum atomic E-state index is -0.979. The third-order valence-electron chi connectivity index (χ3n) is 4.47. The van der Waals surface area contributed by atoms with Crippen molar-refractivity contribution in [2.75, 3.05) is 0 Å². The number of benzene rings is 2. The van der Waals surface area contributed by atoms with E-state index in [0.29, 0.717) is 11.1 Å². The summed E-state index contributed by atoms with van der Waals surface area (Å²) in [6.45, 7) is 11.4. The summed E-state index contributed by atoms with van der Waals surface area (Å²) < 4.78 is 5.40. The summed E-state index contributed by atoms with van der Waals surface area (Å²) in [7, 11) is 0. The molecular formula is C21H24N2O7. The summed E-state index contributed by atoms with van der Waals surface area (Å²) in [5.74, 6) is -0.755. The van der Waals surface area contributed by atoms with Gasteiger partial charge in [0.25, 0.3) is 11.4 Å². The van der Waals surface area contributed by atoms with Crippen LogP contribution in [0.5, 0.6) is 11.5 Å². The fraction of sp³-hybridized carbons (Fsp3) is 0.381. The number of ether oxygens (including phenoxy) is 1. The molecule has 0 fully saturated rings. The molecule has 0 bridgehead atoms. The van der Waals surface area contributed by atoms with E-state index in [1.165, 1.54) is 12.1 Å². The van der Waals surface area contributed by atoms with Gasteiger partial charge in [-0.25, -0.2) is 4.79 Å². The Labute approximate surface area is 173 Å². The normalized spacial score (nSPS) is 11.8. The average molecular weight is 416 g/mol. The zero-order valence-corrected chi connectivity index (χ0v) is 17.7. The van der Waals surface area contributed by atoms with Gasteiger partial charge in [0.1, 0.15) is 11.5 Å². The van der Waals surface area contributed by atoms with Gasteiger partial charge in [-0.3, -0.25) is 20.2 Å². The lowest BCUT2D eigenvalue weighted by Gasteiger charge is -2.27. The molecule has 0 unspecified atom stereocenters. The number of non-ortho nitro benzene ring substituents is 2. The molecule has 0 atom stereocenters. The molecule has 0 amide bonds. The molecular weight excluding hydrogens is 392 g/mol. The van der Waals surface area contributed by atoms with Crippen LogP contribution < -0.4 is 4.74 Å². The molecule has 0 saturated carbocycles. The van der Waals surface area contributed by atoms with Crippen LogP contribution in [-0.4, -0.2) is 20.9 Å². The van der Waals surface area contributed by atoms with Crippen molar-refractivity contribution in [1.82, 2.24) is 0 Å². The Balaban J connectivity index is 2.56. The number of esters is 1. The summed E-state index contributed by atoms with van der Waals surface area (Å²) in [6.07, 6.45) is 0. The van der Waals surface area contributed by atoms with Crippen molar-refractivity contribution < 1.29 is 24.5 Å². The van der Waals surface area contributed by atoms with Gasteiger partial charge in [-0.2, -0.15) is 0 Å². The number of nitro groups is 2. The largest absolute Gasteiger partial charge is 0.507 e. The monoisotopic (exact) mass is 416 g/mol. The maximum Gasteiger partial charge on any atom is 0.344 e. The molecule has 2 aromatic rings. The molecule has 0 aromatic heterocycles.